The minimum atomic E-state index is -0.731. The molecule has 0 aromatic rings. The van der Waals surface area contributed by atoms with Gasteiger partial charge < -0.3 is 10.2 Å². The van der Waals surface area contributed by atoms with Gasteiger partial charge in [0.05, 0.1) is 24.2 Å². The molecule has 2 rings (SSSR count). The molecule has 2 amide bonds. The Labute approximate surface area is 172 Å². The highest BCUT2D eigenvalue weighted by Gasteiger charge is 2.32. The average Bonchev–Trinajstić information content (AvgIpc) is 2.96. The van der Waals surface area contributed by atoms with Crippen LogP contribution in [0.25, 0.3) is 0 Å². The molecule has 2 heterocycles. The van der Waals surface area contributed by atoms with Gasteiger partial charge in [-0.3, -0.25) is 19.3 Å². The van der Waals surface area contributed by atoms with Crippen molar-refractivity contribution < 1.29 is 24.0 Å². The van der Waals surface area contributed by atoms with Crippen LogP contribution < -0.4 is 5.32 Å². The zero-order chi connectivity index (χ0) is 21.7. The third-order valence-electron chi connectivity index (χ3n) is 5.79. The number of hydrogen-bond donors (Lipinski definition) is 1. The number of carbonyl (C=O) groups is 4. The number of rotatable bonds is 8. The van der Waals surface area contributed by atoms with Crippen LogP contribution in [0.2, 0.25) is 0 Å². The molecule has 0 spiro atoms. The van der Waals surface area contributed by atoms with Gasteiger partial charge in [-0.05, 0) is 40.0 Å². The van der Waals surface area contributed by atoms with Crippen LogP contribution in [0.15, 0.2) is 12.3 Å². The second-order valence-electron chi connectivity index (χ2n) is 8.33. The smallest absolute Gasteiger partial charge is 0.336 e. The molecule has 4 atom stereocenters. The van der Waals surface area contributed by atoms with Crippen molar-refractivity contribution in [3.8, 4) is 0 Å². The standard InChI is InChI=1S/C21H33N3O5/c1-13(21(28)29-24-16(4)9-10-20(24)27)11-18(25)17(5)22-19(26)12-23-14(2)7-6-8-15(23)3/h13-15,17H,4,6-12H2,1-3,5H3,(H,22,26)/i19+1,21+1,22+1. The maximum atomic E-state index is 12.4. The number of likely N-dealkylation sites (tertiary alicyclic amines) is 1. The first-order valence-corrected chi connectivity index (χ1v) is 10.4. The summed E-state index contributed by atoms with van der Waals surface area (Å²) in [5.74, 6) is -2.16. The topological polar surface area (TPSA) is 96.0 Å². The van der Waals surface area contributed by atoms with Gasteiger partial charge in [-0.25, -0.2) is 4.79 Å². The number of hydroxylamine groups is 2. The summed E-state index contributed by atoms with van der Waals surface area (Å²) in [5, 5.41) is 3.65. The summed E-state index contributed by atoms with van der Waals surface area (Å²) in [6, 6.07) is -0.0155. The minimum Gasteiger partial charge on any atom is -0.345 e. The number of ketones is 1. The van der Waals surface area contributed by atoms with Crippen LogP contribution in [-0.2, 0) is 24.0 Å². The van der Waals surface area contributed by atoms with Crippen LogP contribution >= 0.6 is 0 Å². The van der Waals surface area contributed by atoms with Gasteiger partial charge >= 0.3 is 5.97 Å². The van der Waals surface area contributed by atoms with E-state index in [9.17, 15) is 19.2 Å². The van der Waals surface area contributed by atoms with Gasteiger partial charge in [-0.2, -0.15) is 0 Å². The Morgan fingerprint density at radius 2 is 1.79 bits per heavy atom. The molecule has 0 saturated carbocycles. The van der Waals surface area contributed by atoms with Crippen molar-refractivity contribution in [1.82, 2.24) is 15.3 Å². The summed E-state index contributed by atoms with van der Waals surface area (Å²) in [4.78, 5) is 56.0. The summed E-state index contributed by atoms with van der Waals surface area (Å²) in [6.07, 6.45) is 3.94. The van der Waals surface area contributed by atoms with Gasteiger partial charge in [0.1, 0.15) is 0 Å². The normalized spacial score (nSPS) is 24.9. The third-order valence-corrected chi connectivity index (χ3v) is 5.79. The Kier molecular flexibility index (Phi) is 7.96. The van der Waals surface area contributed by atoms with Gasteiger partial charge in [0, 0.05) is 24.9 Å². The van der Waals surface area contributed by atoms with Crippen LogP contribution in [0, 0.1) is 5.92 Å². The zero-order valence-corrected chi connectivity index (χ0v) is 17.9. The summed E-state index contributed by atoms with van der Waals surface area (Å²) in [5.41, 5.74) is 0.434. The highest BCUT2D eigenvalue weighted by atomic mass is 16.8. The Bertz CT molecular complexity index is 651. The van der Waals surface area contributed by atoms with E-state index in [4.69, 9.17) is 4.84 Å². The molecular formula is C21H33N3O5. The van der Waals surface area contributed by atoms with E-state index in [0.29, 0.717) is 24.2 Å². The first-order chi connectivity index (χ1) is 13.6. The number of nitrogens with zero attached hydrogens (tertiary/aromatic N) is 2. The molecule has 2 aliphatic rings. The molecule has 0 bridgehead atoms. The lowest BCUT2D eigenvalue weighted by molar-refractivity contribution is -0.190. The molecule has 29 heavy (non-hydrogen) atoms. The van der Waals surface area contributed by atoms with Crippen molar-refractivity contribution in [2.45, 2.75) is 84.3 Å². The number of allylic oxidation sites excluding steroid dienone is 1. The molecule has 2 saturated heterocycles. The van der Waals surface area contributed by atoms with Crippen LogP contribution in [0.5, 0.6) is 0 Å². The molecule has 0 aliphatic carbocycles. The van der Waals surface area contributed by atoms with Gasteiger partial charge in [0.15, 0.2) is 5.78 Å². The van der Waals surface area contributed by atoms with E-state index in [2.05, 4.69) is 30.6 Å². The lowest BCUT2D eigenvalue weighted by atomic mass is 9.98. The predicted octanol–water partition coefficient (Wildman–Crippen LogP) is 1.94. The highest BCUT2D eigenvalue weighted by molar-refractivity contribution is 5.92. The summed E-state index contributed by atoms with van der Waals surface area (Å²) in [6.45, 7) is 11.4. The quantitative estimate of drug-likeness (QED) is 0.485. The first-order valence-electron chi connectivity index (χ1n) is 10.4. The largest absolute Gasteiger partial charge is 0.345 e. The van der Waals surface area contributed by atoms with Crippen molar-refractivity contribution in [2.24, 2.45) is 5.92 Å². The molecule has 4 unspecified atom stereocenters. The molecule has 0 radical (unpaired) electrons. The Morgan fingerprint density at radius 1 is 1.17 bits per heavy atom. The second kappa shape index (κ2) is 10.0. The first kappa shape index (κ1) is 23.1. The van der Waals surface area contributed by atoms with Crippen molar-refractivity contribution in [2.75, 3.05) is 6.54 Å². The van der Waals surface area contributed by atoms with Gasteiger partial charge in [-0.1, -0.05) is 19.9 Å². The van der Waals surface area contributed by atoms with Crippen LogP contribution in [-0.4, -0.2) is 58.2 Å². The zero-order valence-electron chi connectivity index (χ0n) is 17.9. The maximum absolute atomic E-state index is 12.4. The third kappa shape index (κ3) is 6.13. The fraction of sp³-hybridized carbons (Fsp3) is 0.714. The van der Waals surface area contributed by atoms with Crippen molar-refractivity contribution >= 4 is 23.6 Å². The maximum Gasteiger partial charge on any atom is 0.336 e. The molecular weight excluding hydrogens is 377 g/mol. The van der Waals surface area contributed by atoms with Crippen molar-refractivity contribution in [3.05, 3.63) is 12.3 Å². The summed E-state index contributed by atoms with van der Waals surface area (Å²) in [7, 11) is 0. The molecule has 8 nitrogen and oxygen atoms in total. The van der Waals surface area contributed by atoms with E-state index >= 15 is 0 Å². The van der Waals surface area contributed by atoms with Crippen LogP contribution in [0.1, 0.15) is 66.2 Å². The fourth-order valence-electron chi connectivity index (χ4n) is 3.81. The van der Waals surface area contributed by atoms with Crippen LogP contribution in [0.3, 0.4) is 0 Å². The minimum absolute atomic E-state index is 0.0781. The lowest BCUT2D eigenvalue weighted by Crippen LogP contribution is -2.51. The van der Waals surface area contributed by atoms with Gasteiger partial charge in [-0.15, -0.1) is 5.06 Å². The van der Waals surface area contributed by atoms with E-state index in [1.165, 1.54) is 6.42 Å². The molecule has 0 aromatic carbocycles. The van der Waals surface area contributed by atoms with E-state index in [-0.39, 0.29) is 37.0 Å². The monoisotopic (exact) mass is 410 g/mol. The van der Waals surface area contributed by atoms with Crippen molar-refractivity contribution in [3.63, 3.8) is 0 Å². The van der Waals surface area contributed by atoms with Crippen LogP contribution in [0.4, 0.5) is 0 Å². The Morgan fingerprint density at radius 3 is 2.34 bits per heavy atom. The van der Waals surface area contributed by atoms with Gasteiger partial charge in [0.25, 0.3) is 5.91 Å². The molecule has 1 N–H and O–H groups in total. The Balaban J connectivity index is 1.80. The summed E-state index contributed by atoms with van der Waals surface area (Å²) >= 11 is 0. The number of nitrogens with one attached hydrogen (secondary N) is 1. The molecule has 2 fully saturated rings. The number of piperidine rings is 1. The molecule has 162 valence electrons. The fourth-order valence-corrected chi connectivity index (χ4v) is 3.81. The van der Waals surface area contributed by atoms with Gasteiger partial charge in [0.2, 0.25) is 5.91 Å². The van der Waals surface area contributed by atoms with E-state index in [1.54, 1.807) is 13.8 Å². The number of Topliss-reactive ketones (excluding diaryl/α,β-unsaturated/α-hetero) is 1. The number of carbonyl (C=O) groups excluding carboxylic acids is 4. The summed E-state index contributed by atoms with van der Waals surface area (Å²) < 4.78 is 0. The van der Waals surface area contributed by atoms with E-state index < -0.39 is 17.9 Å². The molecule has 2 aliphatic heterocycles. The average molecular weight is 410 g/mol. The Hall–Kier alpha value is -2.22. The number of hydrogen-bond acceptors (Lipinski definition) is 6. The predicted molar refractivity (Wildman–Crippen MR) is 107 cm³/mol. The van der Waals surface area contributed by atoms with E-state index in [0.717, 1.165) is 17.9 Å². The van der Waals surface area contributed by atoms with Crippen molar-refractivity contribution in [1.29, 1.82) is 0 Å². The second-order valence-corrected chi connectivity index (χ2v) is 8.33. The molecule has 8 heteroatoms. The SMILES string of the molecule is C=C1CCC(=O)N1O[13C](=O)C(C)CC(=O)C(C)[15NH][13C](=O)CN1C(C)CCCC1C. The van der Waals surface area contributed by atoms with E-state index in [1.807, 2.05) is 0 Å². The highest BCUT2D eigenvalue weighted by Crippen LogP contribution is 2.23. The lowest BCUT2D eigenvalue weighted by Gasteiger charge is -2.38. The molecule has 0 aromatic heterocycles. The number of amides is 2.